The van der Waals surface area contributed by atoms with Crippen molar-refractivity contribution in [1.82, 2.24) is 5.32 Å². The maximum atomic E-state index is 10.5. The van der Waals surface area contributed by atoms with Gasteiger partial charge in [0.2, 0.25) is 0 Å². The molecule has 4 nitrogen and oxygen atoms in total. The van der Waals surface area contributed by atoms with Crippen LogP contribution in [0.5, 0.6) is 0 Å². The third-order valence-electron chi connectivity index (χ3n) is 2.83. The summed E-state index contributed by atoms with van der Waals surface area (Å²) in [7, 11) is 0. The van der Waals surface area contributed by atoms with Crippen LogP contribution in [0, 0.1) is 10.1 Å². The first kappa shape index (κ1) is 15.1. The van der Waals surface area contributed by atoms with Gasteiger partial charge in [-0.25, -0.2) is 0 Å². The molecule has 1 aromatic rings. The Morgan fingerprint density at radius 1 is 1.22 bits per heavy atom. The van der Waals surface area contributed by atoms with E-state index in [9.17, 15) is 10.1 Å². The van der Waals surface area contributed by atoms with Gasteiger partial charge in [-0.05, 0) is 19.0 Å². The van der Waals surface area contributed by atoms with Gasteiger partial charge in [-0.2, -0.15) is 0 Å². The molecule has 1 rings (SSSR count). The monoisotopic (exact) mass is 270 g/mol. The van der Waals surface area contributed by atoms with Crippen molar-refractivity contribution in [2.45, 2.75) is 52.0 Å². The molecule has 5 heteroatoms. The van der Waals surface area contributed by atoms with E-state index in [4.69, 9.17) is 0 Å². The first-order chi connectivity index (χ1) is 8.74. The summed E-state index contributed by atoms with van der Waals surface area (Å²) in [5, 5.41) is 14.1. The second-order valence-corrected chi connectivity index (χ2v) is 5.59. The van der Waals surface area contributed by atoms with Gasteiger partial charge >= 0.3 is 5.00 Å². The highest BCUT2D eigenvalue weighted by atomic mass is 32.1. The van der Waals surface area contributed by atoms with E-state index >= 15 is 0 Å². The normalized spacial score (nSPS) is 10.7. The zero-order valence-corrected chi connectivity index (χ0v) is 11.8. The molecule has 1 heterocycles. The van der Waals surface area contributed by atoms with Crippen molar-refractivity contribution >= 4 is 16.3 Å². The fraction of sp³-hybridized carbons (Fsp3) is 0.692. The van der Waals surface area contributed by atoms with Crippen molar-refractivity contribution in [3.05, 3.63) is 27.1 Å². The predicted octanol–water partition coefficient (Wildman–Crippen LogP) is 4.11. The highest BCUT2D eigenvalue weighted by Gasteiger charge is 2.08. The van der Waals surface area contributed by atoms with Crippen LogP contribution in [0.2, 0.25) is 0 Å². The van der Waals surface area contributed by atoms with Crippen LogP contribution >= 0.6 is 11.3 Å². The zero-order valence-electron chi connectivity index (χ0n) is 11.0. The van der Waals surface area contributed by atoms with Crippen molar-refractivity contribution in [2.75, 3.05) is 6.54 Å². The van der Waals surface area contributed by atoms with Crippen LogP contribution in [-0.2, 0) is 6.54 Å². The Balaban J connectivity index is 2.02. The lowest BCUT2D eigenvalue weighted by atomic mass is 10.1. The quantitative estimate of drug-likeness (QED) is 0.395. The lowest BCUT2D eigenvalue weighted by Gasteiger charge is -2.02. The molecule has 0 saturated heterocycles. The van der Waals surface area contributed by atoms with Crippen LogP contribution in [0.25, 0.3) is 0 Å². The molecule has 1 N–H and O–H groups in total. The van der Waals surface area contributed by atoms with Crippen molar-refractivity contribution in [1.29, 1.82) is 0 Å². The molecule has 0 aliphatic carbocycles. The van der Waals surface area contributed by atoms with E-state index in [1.54, 1.807) is 6.07 Å². The summed E-state index contributed by atoms with van der Waals surface area (Å²) < 4.78 is 0. The van der Waals surface area contributed by atoms with Gasteiger partial charge in [-0.15, -0.1) is 0 Å². The van der Waals surface area contributed by atoms with Crippen LogP contribution in [0.4, 0.5) is 5.00 Å². The molecule has 0 aliphatic rings. The predicted molar refractivity (Wildman–Crippen MR) is 76.1 cm³/mol. The first-order valence-corrected chi connectivity index (χ1v) is 7.49. The average Bonchev–Trinajstić information content (AvgIpc) is 2.81. The van der Waals surface area contributed by atoms with E-state index in [-0.39, 0.29) is 9.92 Å². The largest absolute Gasteiger partial charge is 0.324 e. The molecule has 0 atom stereocenters. The minimum atomic E-state index is -0.331. The van der Waals surface area contributed by atoms with Crippen LogP contribution in [0.15, 0.2) is 12.1 Å². The SMILES string of the molecule is CCCCCCCCNCc1ccc([N+](=O)[O-])s1. The van der Waals surface area contributed by atoms with Crippen molar-refractivity contribution in [3.63, 3.8) is 0 Å². The Morgan fingerprint density at radius 2 is 1.94 bits per heavy atom. The molecule has 0 radical (unpaired) electrons. The van der Waals surface area contributed by atoms with Gasteiger partial charge in [-0.3, -0.25) is 10.1 Å². The van der Waals surface area contributed by atoms with E-state index in [0.29, 0.717) is 0 Å². The number of hydrogen-bond donors (Lipinski definition) is 1. The summed E-state index contributed by atoms with van der Waals surface area (Å²) in [6, 6.07) is 3.41. The Morgan fingerprint density at radius 3 is 2.61 bits per heavy atom. The molecular formula is C13H22N2O2S. The molecular weight excluding hydrogens is 248 g/mol. The topological polar surface area (TPSA) is 55.2 Å². The third-order valence-corrected chi connectivity index (χ3v) is 3.87. The highest BCUT2D eigenvalue weighted by Crippen LogP contribution is 2.23. The third kappa shape index (κ3) is 6.12. The first-order valence-electron chi connectivity index (χ1n) is 6.68. The summed E-state index contributed by atoms with van der Waals surface area (Å²) in [4.78, 5) is 11.2. The van der Waals surface area contributed by atoms with E-state index in [1.165, 1.54) is 49.9 Å². The number of nitrogens with zero attached hydrogens (tertiary/aromatic N) is 1. The van der Waals surface area contributed by atoms with Gasteiger partial charge < -0.3 is 5.32 Å². The fourth-order valence-electron chi connectivity index (χ4n) is 1.80. The number of nitro groups is 1. The smallest absolute Gasteiger partial charge is 0.312 e. The Labute approximate surface area is 113 Å². The standard InChI is InChI=1S/C13H22N2O2S/c1-2-3-4-5-6-7-10-14-11-12-8-9-13(18-12)15(16)17/h8-9,14H,2-7,10-11H2,1H3. The Hall–Kier alpha value is -0.940. The maximum Gasteiger partial charge on any atom is 0.324 e. The minimum absolute atomic E-state index is 0.228. The molecule has 0 bridgehead atoms. The number of rotatable bonds is 10. The van der Waals surface area contributed by atoms with Gasteiger partial charge in [0.1, 0.15) is 0 Å². The van der Waals surface area contributed by atoms with Gasteiger partial charge in [-0.1, -0.05) is 50.4 Å². The van der Waals surface area contributed by atoms with Crippen molar-refractivity contribution < 1.29 is 4.92 Å². The second-order valence-electron chi connectivity index (χ2n) is 4.44. The zero-order chi connectivity index (χ0) is 13.2. The van der Waals surface area contributed by atoms with Gasteiger partial charge in [0.05, 0.1) is 4.92 Å². The van der Waals surface area contributed by atoms with E-state index in [2.05, 4.69) is 12.2 Å². The summed E-state index contributed by atoms with van der Waals surface area (Å²) >= 11 is 1.25. The van der Waals surface area contributed by atoms with Crippen molar-refractivity contribution in [2.24, 2.45) is 0 Å². The van der Waals surface area contributed by atoms with Gasteiger partial charge in [0.25, 0.3) is 0 Å². The lowest BCUT2D eigenvalue weighted by Crippen LogP contribution is -2.13. The summed E-state index contributed by atoms with van der Waals surface area (Å²) in [6.07, 6.45) is 7.75. The van der Waals surface area contributed by atoms with E-state index in [1.807, 2.05) is 6.07 Å². The van der Waals surface area contributed by atoms with Gasteiger partial charge in [0, 0.05) is 17.5 Å². The molecule has 0 saturated carbocycles. The van der Waals surface area contributed by atoms with Crippen LogP contribution < -0.4 is 5.32 Å². The van der Waals surface area contributed by atoms with Crippen LogP contribution in [-0.4, -0.2) is 11.5 Å². The number of hydrogen-bond acceptors (Lipinski definition) is 4. The summed E-state index contributed by atoms with van der Waals surface area (Å²) in [6.45, 7) is 3.97. The maximum absolute atomic E-state index is 10.5. The summed E-state index contributed by atoms with van der Waals surface area (Å²) in [5.41, 5.74) is 0. The molecule has 0 amide bonds. The molecule has 0 spiro atoms. The molecule has 1 aromatic heterocycles. The molecule has 102 valence electrons. The average molecular weight is 270 g/mol. The number of nitrogens with one attached hydrogen (secondary N) is 1. The molecule has 0 unspecified atom stereocenters. The molecule has 18 heavy (non-hydrogen) atoms. The highest BCUT2D eigenvalue weighted by molar-refractivity contribution is 7.15. The van der Waals surface area contributed by atoms with Crippen LogP contribution in [0.3, 0.4) is 0 Å². The molecule has 0 aliphatic heterocycles. The van der Waals surface area contributed by atoms with E-state index in [0.717, 1.165) is 18.0 Å². The van der Waals surface area contributed by atoms with Crippen molar-refractivity contribution in [3.8, 4) is 0 Å². The molecule has 0 fully saturated rings. The minimum Gasteiger partial charge on any atom is -0.312 e. The fourth-order valence-corrected chi connectivity index (χ4v) is 2.59. The Bertz CT molecular complexity index is 353. The lowest BCUT2D eigenvalue weighted by molar-refractivity contribution is -0.380. The molecule has 0 aromatic carbocycles. The Kier molecular flexibility index (Phi) is 7.60. The number of thiophene rings is 1. The van der Waals surface area contributed by atoms with Crippen LogP contribution in [0.1, 0.15) is 50.3 Å². The number of unbranched alkanes of at least 4 members (excludes halogenated alkanes) is 5. The van der Waals surface area contributed by atoms with Gasteiger partial charge in [0.15, 0.2) is 0 Å². The van der Waals surface area contributed by atoms with E-state index < -0.39 is 0 Å². The summed E-state index contributed by atoms with van der Waals surface area (Å²) in [5.74, 6) is 0. The second kappa shape index (κ2) is 9.05.